The summed E-state index contributed by atoms with van der Waals surface area (Å²) in [6.45, 7) is 8.39. The van der Waals surface area contributed by atoms with Gasteiger partial charge in [0.25, 0.3) is 0 Å². The number of rotatable bonds is 6. The van der Waals surface area contributed by atoms with Crippen LogP contribution in [-0.4, -0.2) is 30.6 Å². The van der Waals surface area contributed by atoms with E-state index in [1.807, 2.05) is 6.07 Å². The van der Waals surface area contributed by atoms with Gasteiger partial charge in [0.05, 0.1) is 7.11 Å². The number of nitrogens with zero attached hydrogens (tertiary/aromatic N) is 1. The van der Waals surface area contributed by atoms with Crippen molar-refractivity contribution in [2.75, 3.05) is 20.2 Å². The molecule has 1 rings (SSSR count). The van der Waals surface area contributed by atoms with Gasteiger partial charge in [-0.1, -0.05) is 13.0 Å². The first-order chi connectivity index (χ1) is 8.44. The Labute approximate surface area is 109 Å². The Balaban J connectivity index is 2.86. The summed E-state index contributed by atoms with van der Waals surface area (Å²) < 4.78 is 18.5. The van der Waals surface area contributed by atoms with E-state index in [0.717, 1.165) is 12.1 Å². The number of halogens is 1. The maximum absolute atomic E-state index is 13.6. The average Bonchev–Trinajstić information content (AvgIpc) is 2.35. The van der Waals surface area contributed by atoms with Crippen molar-refractivity contribution in [2.24, 2.45) is 5.73 Å². The summed E-state index contributed by atoms with van der Waals surface area (Å²) in [5.41, 5.74) is 6.61. The molecule has 0 heterocycles. The molecule has 3 nitrogen and oxygen atoms in total. The summed E-state index contributed by atoms with van der Waals surface area (Å²) >= 11 is 0. The van der Waals surface area contributed by atoms with Gasteiger partial charge in [-0.05, 0) is 38.1 Å². The largest absolute Gasteiger partial charge is 0.494 e. The summed E-state index contributed by atoms with van der Waals surface area (Å²) in [7, 11) is 1.47. The molecule has 1 aromatic carbocycles. The van der Waals surface area contributed by atoms with E-state index in [4.69, 9.17) is 10.5 Å². The fourth-order valence-electron chi connectivity index (χ4n) is 1.91. The first-order valence-corrected chi connectivity index (χ1v) is 6.22. The van der Waals surface area contributed by atoms with Gasteiger partial charge in [-0.2, -0.15) is 0 Å². The van der Waals surface area contributed by atoms with E-state index >= 15 is 0 Å². The standard InChI is InChI=1S/C14H23FN2O/c1-5-17(14(2,3)10-16)9-11-6-7-13(18-4)12(15)8-11/h6-8H,5,9-10,16H2,1-4H3. The van der Waals surface area contributed by atoms with Crippen LogP contribution in [0.4, 0.5) is 4.39 Å². The Morgan fingerprint density at radius 1 is 1.39 bits per heavy atom. The highest BCUT2D eigenvalue weighted by Crippen LogP contribution is 2.21. The molecule has 2 N–H and O–H groups in total. The van der Waals surface area contributed by atoms with Crippen LogP contribution in [0.2, 0.25) is 0 Å². The third kappa shape index (κ3) is 3.43. The first-order valence-electron chi connectivity index (χ1n) is 6.22. The Morgan fingerprint density at radius 2 is 2.06 bits per heavy atom. The van der Waals surface area contributed by atoms with E-state index in [1.54, 1.807) is 6.07 Å². The summed E-state index contributed by atoms with van der Waals surface area (Å²) in [6.07, 6.45) is 0. The minimum atomic E-state index is -0.323. The van der Waals surface area contributed by atoms with Crippen molar-refractivity contribution >= 4 is 0 Å². The number of methoxy groups -OCH3 is 1. The van der Waals surface area contributed by atoms with E-state index in [-0.39, 0.29) is 17.1 Å². The van der Waals surface area contributed by atoms with Crippen molar-refractivity contribution in [3.8, 4) is 5.75 Å². The molecule has 102 valence electrons. The average molecular weight is 254 g/mol. The molecule has 0 aliphatic rings. The molecule has 0 bridgehead atoms. The summed E-state index contributed by atoms with van der Waals surface area (Å²) in [4.78, 5) is 2.23. The van der Waals surface area contributed by atoms with E-state index in [2.05, 4.69) is 25.7 Å². The molecule has 0 amide bonds. The highest BCUT2D eigenvalue weighted by Gasteiger charge is 2.23. The predicted molar refractivity (Wildman–Crippen MR) is 72.2 cm³/mol. The van der Waals surface area contributed by atoms with Gasteiger partial charge < -0.3 is 10.5 Å². The lowest BCUT2D eigenvalue weighted by atomic mass is 10.0. The number of benzene rings is 1. The fourth-order valence-corrected chi connectivity index (χ4v) is 1.91. The molecule has 0 spiro atoms. The molecule has 0 saturated carbocycles. The van der Waals surface area contributed by atoms with Crippen molar-refractivity contribution in [3.63, 3.8) is 0 Å². The Morgan fingerprint density at radius 3 is 2.50 bits per heavy atom. The van der Waals surface area contributed by atoms with E-state index in [9.17, 15) is 4.39 Å². The molecule has 0 unspecified atom stereocenters. The second-order valence-electron chi connectivity index (χ2n) is 5.00. The number of hydrogen-bond donors (Lipinski definition) is 1. The molecule has 0 aliphatic carbocycles. The third-order valence-corrected chi connectivity index (χ3v) is 3.33. The fraction of sp³-hybridized carbons (Fsp3) is 0.571. The van der Waals surface area contributed by atoms with Crippen molar-refractivity contribution < 1.29 is 9.13 Å². The van der Waals surface area contributed by atoms with E-state index in [0.29, 0.717) is 13.1 Å². The van der Waals surface area contributed by atoms with Crippen LogP contribution in [0, 0.1) is 5.82 Å². The number of ether oxygens (including phenoxy) is 1. The zero-order valence-electron chi connectivity index (χ0n) is 11.7. The van der Waals surface area contributed by atoms with Crippen LogP contribution in [0.1, 0.15) is 26.3 Å². The lowest BCUT2D eigenvalue weighted by Crippen LogP contribution is -2.48. The Bertz CT molecular complexity index is 393. The van der Waals surface area contributed by atoms with Crippen molar-refractivity contribution in [2.45, 2.75) is 32.9 Å². The van der Waals surface area contributed by atoms with Crippen molar-refractivity contribution in [1.82, 2.24) is 4.90 Å². The third-order valence-electron chi connectivity index (χ3n) is 3.33. The molecule has 1 aromatic rings. The second-order valence-corrected chi connectivity index (χ2v) is 5.00. The molecule has 0 aliphatic heterocycles. The lowest BCUT2D eigenvalue weighted by molar-refractivity contribution is 0.125. The van der Waals surface area contributed by atoms with Crippen LogP contribution in [0.15, 0.2) is 18.2 Å². The van der Waals surface area contributed by atoms with Gasteiger partial charge in [-0.3, -0.25) is 4.90 Å². The highest BCUT2D eigenvalue weighted by molar-refractivity contribution is 5.29. The van der Waals surface area contributed by atoms with Crippen LogP contribution < -0.4 is 10.5 Å². The zero-order chi connectivity index (χ0) is 13.8. The lowest BCUT2D eigenvalue weighted by Gasteiger charge is -2.37. The first kappa shape index (κ1) is 14.9. The predicted octanol–water partition coefficient (Wildman–Crippen LogP) is 2.39. The summed E-state index contributed by atoms with van der Waals surface area (Å²) in [5, 5.41) is 0. The molecular formula is C14H23FN2O. The molecule has 0 radical (unpaired) electrons. The Kier molecular flexibility index (Phi) is 5.11. The molecule has 18 heavy (non-hydrogen) atoms. The quantitative estimate of drug-likeness (QED) is 0.847. The molecule has 4 heteroatoms. The van der Waals surface area contributed by atoms with Crippen molar-refractivity contribution in [1.29, 1.82) is 0 Å². The SMILES string of the molecule is CCN(Cc1ccc(OC)c(F)c1)C(C)(C)CN. The number of hydrogen-bond acceptors (Lipinski definition) is 3. The van der Waals surface area contributed by atoms with Gasteiger partial charge in [-0.15, -0.1) is 0 Å². The van der Waals surface area contributed by atoms with Crippen LogP contribution in [-0.2, 0) is 6.54 Å². The van der Waals surface area contributed by atoms with Crippen LogP contribution in [0.3, 0.4) is 0 Å². The molecule has 0 fully saturated rings. The van der Waals surface area contributed by atoms with Gasteiger partial charge in [0.15, 0.2) is 11.6 Å². The molecule has 0 atom stereocenters. The molecular weight excluding hydrogens is 231 g/mol. The van der Waals surface area contributed by atoms with Crippen molar-refractivity contribution in [3.05, 3.63) is 29.6 Å². The van der Waals surface area contributed by atoms with Gasteiger partial charge in [-0.25, -0.2) is 4.39 Å². The van der Waals surface area contributed by atoms with Gasteiger partial charge in [0, 0.05) is 18.6 Å². The maximum atomic E-state index is 13.6. The van der Waals surface area contributed by atoms with Crippen LogP contribution >= 0.6 is 0 Å². The highest BCUT2D eigenvalue weighted by atomic mass is 19.1. The minimum Gasteiger partial charge on any atom is -0.494 e. The maximum Gasteiger partial charge on any atom is 0.165 e. The number of nitrogens with two attached hydrogens (primary N) is 1. The van der Waals surface area contributed by atoms with E-state index in [1.165, 1.54) is 13.2 Å². The molecule has 0 saturated heterocycles. The molecule has 0 aromatic heterocycles. The summed E-state index contributed by atoms with van der Waals surface area (Å²) in [6, 6.07) is 5.07. The van der Waals surface area contributed by atoms with Gasteiger partial charge >= 0.3 is 0 Å². The minimum absolute atomic E-state index is 0.0921. The normalized spacial score (nSPS) is 11.9. The number of likely N-dealkylation sites (N-methyl/N-ethyl adjacent to an activating group) is 1. The topological polar surface area (TPSA) is 38.5 Å². The Hall–Kier alpha value is -1.13. The van der Waals surface area contributed by atoms with Gasteiger partial charge in [0.2, 0.25) is 0 Å². The zero-order valence-corrected chi connectivity index (χ0v) is 11.7. The van der Waals surface area contributed by atoms with Crippen LogP contribution in [0.25, 0.3) is 0 Å². The van der Waals surface area contributed by atoms with E-state index < -0.39 is 0 Å². The summed E-state index contributed by atoms with van der Waals surface area (Å²) in [5.74, 6) is -0.0449. The van der Waals surface area contributed by atoms with Crippen LogP contribution in [0.5, 0.6) is 5.75 Å². The monoisotopic (exact) mass is 254 g/mol. The van der Waals surface area contributed by atoms with Gasteiger partial charge in [0.1, 0.15) is 0 Å². The second kappa shape index (κ2) is 6.16. The smallest absolute Gasteiger partial charge is 0.165 e.